The van der Waals surface area contributed by atoms with Crippen LogP contribution in [0.3, 0.4) is 0 Å². The van der Waals surface area contributed by atoms with Crippen molar-refractivity contribution < 1.29 is 9.59 Å². The lowest BCUT2D eigenvalue weighted by atomic mass is 9.99. The maximum atomic E-state index is 11.8. The van der Waals surface area contributed by atoms with Gasteiger partial charge in [-0.2, -0.15) is 0 Å². The van der Waals surface area contributed by atoms with E-state index in [1.165, 1.54) is 9.80 Å². The highest BCUT2D eigenvalue weighted by Gasteiger charge is 2.24. The molecule has 94 valence electrons. The van der Waals surface area contributed by atoms with Crippen molar-refractivity contribution in [2.45, 2.75) is 26.3 Å². The molecule has 2 N–H and O–H groups in total. The van der Waals surface area contributed by atoms with Crippen LogP contribution in [0, 0.1) is 5.92 Å². The van der Waals surface area contributed by atoms with Crippen LogP contribution in [-0.4, -0.2) is 55.3 Å². The normalized spacial score (nSPS) is 14.1. The van der Waals surface area contributed by atoms with Crippen molar-refractivity contribution >= 4 is 11.8 Å². The molecule has 0 aromatic rings. The van der Waals surface area contributed by atoms with E-state index >= 15 is 0 Å². The maximum absolute atomic E-state index is 11.8. The van der Waals surface area contributed by atoms with Gasteiger partial charge in [-0.15, -0.1) is 0 Å². The Hall–Kier alpha value is -1.10. The molecule has 0 radical (unpaired) electrons. The first-order valence-electron chi connectivity index (χ1n) is 5.51. The van der Waals surface area contributed by atoms with Gasteiger partial charge in [0.1, 0.15) is 0 Å². The summed E-state index contributed by atoms with van der Waals surface area (Å²) in [4.78, 5) is 26.1. The number of carbonyl (C=O) groups excluding carboxylic acids is 2. The number of nitrogens with zero attached hydrogens (tertiary/aromatic N) is 2. The second-order valence-corrected chi connectivity index (χ2v) is 4.39. The van der Waals surface area contributed by atoms with Crippen LogP contribution in [0.5, 0.6) is 0 Å². The number of nitrogens with two attached hydrogens (primary N) is 1. The third-order valence-electron chi connectivity index (χ3n) is 2.79. The number of amides is 2. The molecule has 0 saturated heterocycles. The lowest BCUT2D eigenvalue weighted by molar-refractivity contribution is -0.139. The number of likely N-dealkylation sites (N-methyl/N-ethyl adjacent to an activating group) is 2. The molecule has 2 amide bonds. The third kappa shape index (κ3) is 4.18. The van der Waals surface area contributed by atoms with Crippen molar-refractivity contribution in [1.82, 2.24) is 9.80 Å². The van der Waals surface area contributed by atoms with E-state index in [1.54, 1.807) is 21.1 Å². The average molecular weight is 229 g/mol. The molecule has 16 heavy (non-hydrogen) atoms. The largest absolute Gasteiger partial charge is 0.347 e. The summed E-state index contributed by atoms with van der Waals surface area (Å²) in [6.45, 7) is 4.00. The molecule has 0 aliphatic carbocycles. The monoisotopic (exact) mass is 229 g/mol. The van der Waals surface area contributed by atoms with Crippen LogP contribution in [0.25, 0.3) is 0 Å². The van der Waals surface area contributed by atoms with Gasteiger partial charge in [-0.3, -0.25) is 9.59 Å². The molecule has 0 saturated carbocycles. The summed E-state index contributed by atoms with van der Waals surface area (Å²) in [5.74, 6) is -0.152. The average Bonchev–Trinajstić information content (AvgIpc) is 2.25. The Labute approximate surface area is 97.6 Å². The molecule has 0 aromatic carbocycles. The van der Waals surface area contributed by atoms with Gasteiger partial charge in [-0.1, -0.05) is 20.3 Å². The molecule has 0 fully saturated rings. The summed E-state index contributed by atoms with van der Waals surface area (Å²) in [6, 6.07) is -0.523. The summed E-state index contributed by atoms with van der Waals surface area (Å²) in [5, 5.41) is 0. The first-order chi connectivity index (χ1) is 7.31. The zero-order chi connectivity index (χ0) is 12.9. The fraction of sp³-hybridized carbons (Fsp3) is 0.818. The van der Waals surface area contributed by atoms with Gasteiger partial charge in [-0.05, 0) is 5.92 Å². The molecule has 5 heteroatoms. The van der Waals surface area contributed by atoms with Crippen molar-refractivity contribution in [2.24, 2.45) is 11.7 Å². The van der Waals surface area contributed by atoms with Gasteiger partial charge in [0, 0.05) is 21.1 Å². The van der Waals surface area contributed by atoms with E-state index in [9.17, 15) is 9.59 Å². The molecule has 0 unspecified atom stereocenters. The summed E-state index contributed by atoms with van der Waals surface area (Å²) in [6.07, 6.45) is 0.850. The number of rotatable bonds is 5. The predicted molar refractivity (Wildman–Crippen MR) is 63.8 cm³/mol. The summed E-state index contributed by atoms with van der Waals surface area (Å²) in [5.41, 5.74) is 5.81. The smallest absolute Gasteiger partial charge is 0.241 e. The Balaban J connectivity index is 4.33. The molecule has 0 spiro atoms. The van der Waals surface area contributed by atoms with Crippen LogP contribution in [0.15, 0.2) is 0 Å². The van der Waals surface area contributed by atoms with Gasteiger partial charge in [-0.25, -0.2) is 0 Å². The van der Waals surface area contributed by atoms with E-state index in [0.29, 0.717) is 0 Å². The van der Waals surface area contributed by atoms with Crippen molar-refractivity contribution in [3.63, 3.8) is 0 Å². The lowest BCUT2D eigenvalue weighted by Gasteiger charge is -2.25. The fourth-order valence-electron chi connectivity index (χ4n) is 1.17. The van der Waals surface area contributed by atoms with Gasteiger partial charge in [0.05, 0.1) is 12.6 Å². The molecule has 2 atom stereocenters. The third-order valence-corrected chi connectivity index (χ3v) is 2.79. The van der Waals surface area contributed by atoms with E-state index in [2.05, 4.69) is 0 Å². The Morgan fingerprint density at radius 1 is 1.25 bits per heavy atom. The Morgan fingerprint density at radius 3 is 2.12 bits per heavy atom. The summed E-state index contributed by atoms with van der Waals surface area (Å²) in [7, 11) is 4.93. The number of carbonyl (C=O) groups is 2. The maximum Gasteiger partial charge on any atom is 0.241 e. The van der Waals surface area contributed by atoms with Crippen molar-refractivity contribution in [1.29, 1.82) is 0 Å². The second-order valence-electron chi connectivity index (χ2n) is 4.39. The SMILES string of the molecule is CC[C@H](C)[C@H](N)C(=O)N(C)CC(=O)N(C)C. The van der Waals surface area contributed by atoms with Crippen LogP contribution in [-0.2, 0) is 9.59 Å². The van der Waals surface area contributed by atoms with Crippen LogP contribution in [0.2, 0.25) is 0 Å². The molecule has 0 bridgehead atoms. The fourth-order valence-corrected chi connectivity index (χ4v) is 1.17. The Morgan fingerprint density at radius 2 is 1.75 bits per heavy atom. The van der Waals surface area contributed by atoms with Crippen LogP contribution in [0.1, 0.15) is 20.3 Å². The quantitative estimate of drug-likeness (QED) is 0.716. The van der Waals surface area contributed by atoms with Gasteiger partial charge < -0.3 is 15.5 Å². The molecular weight excluding hydrogens is 206 g/mol. The summed E-state index contributed by atoms with van der Waals surface area (Å²) < 4.78 is 0. The van der Waals surface area contributed by atoms with Crippen LogP contribution >= 0.6 is 0 Å². The minimum atomic E-state index is -0.523. The van der Waals surface area contributed by atoms with E-state index in [1.807, 2.05) is 13.8 Å². The first-order valence-corrected chi connectivity index (χ1v) is 5.51. The highest BCUT2D eigenvalue weighted by molar-refractivity contribution is 5.87. The van der Waals surface area contributed by atoms with E-state index in [0.717, 1.165) is 6.42 Å². The number of hydrogen-bond donors (Lipinski definition) is 1. The van der Waals surface area contributed by atoms with Crippen molar-refractivity contribution in [2.75, 3.05) is 27.7 Å². The van der Waals surface area contributed by atoms with Gasteiger partial charge in [0.25, 0.3) is 0 Å². The molecule has 0 aromatic heterocycles. The van der Waals surface area contributed by atoms with Crippen LogP contribution < -0.4 is 5.73 Å². The lowest BCUT2D eigenvalue weighted by Crippen LogP contribution is -2.48. The van der Waals surface area contributed by atoms with Crippen molar-refractivity contribution in [3.8, 4) is 0 Å². The Kier molecular flexibility index (Phi) is 6.03. The molecule has 0 rings (SSSR count). The molecule has 5 nitrogen and oxygen atoms in total. The minimum absolute atomic E-state index is 0.0793. The van der Waals surface area contributed by atoms with Crippen molar-refractivity contribution in [3.05, 3.63) is 0 Å². The highest BCUT2D eigenvalue weighted by atomic mass is 16.2. The second kappa shape index (κ2) is 6.48. The summed E-state index contributed by atoms with van der Waals surface area (Å²) >= 11 is 0. The predicted octanol–water partition coefficient (Wildman–Crippen LogP) is -0.0936. The van der Waals surface area contributed by atoms with Crippen LogP contribution in [0.4, 0.5) is 0 Å². The number of hydrogen-bond acceptors (Lipinski definition) is 3. The van der Waals surface area contributed by atoms with E-state index in [4.69, 9.17) is 5.73 Å². The standard InChI is InChI=1S/C11H23N3O2/c1-6-8(2)10(12)11(16)14(5)7-9(15)13(3)4/h8,10H,6-7,12H2,1-5H3/t8-,10-/m0/s1. The van der Waals surface area contributed by atoms with Gasteiger partial charge in [0.2, 0.25) is 11.8 Å². The van der Waals surface area contributed by atoms with Gasteiger partial charge >= 0.3 is 0 Å². The van der Waals surface area contributed by atoms with Gasteiger partial charge in [0.15, 0.2) is 0 Å². The molecule has 0 aliphatic rings. The minimum Gasteiger partial charge on any atom is -0.347 e. The Bertz CT molecular complexity index is 254. The molecule has 0 heterocycles. The molecule has 0 aliphatic heterocycles. The topological polar surface area (TPSA) is 66.6 Å². The zero-order valence-corrected chi connectivity index (χ0v) is 10.9. The van der Waals surface area contributed by atoms with E-state index in [-0.39, 0.29) is 24.3 Å². The highest BCUT2D eigenvalue weighted by Crippen LogP contribution is 2.07. The zero-order valence-electron chi connectivity index (χ0n) is 10.9. The molecular formula is C11H23N3O2. The van der Waals surface area contributed by atoms with E-state index < -0.39 is 6.04 Å². The first kappa shape index (κ1) is 14.9.